The van der Waals surface area contributed by atoms with Crippen LogP contribution >= 0.6 is 0 Å². The molecule has 10 nitrogen and oxygen atoms in total. The van der Waals surface area contributed by atoms with Crippen LogP contribution in [0.2, 0.25) is 0 Å². The second kappa shape index (κ2) is 15.2. The molecule has 0 aliphatic carbocycles. The average Bonchev–Trinajstić information content (AvgIpc) is 3.09. The van der Waals surface area contributed by atoms with Crippen LogP contribution in [0.3, 0.4) is 0 Å². The van der Waals surface area contributed by atoms with E-state index in [9.17, 15) is 35.9 Å². The normalized spacial score (nSPS) is 12.2. The van der Waals surface area contributed by atoms with E-state index in [1.165, 1.54) is 58.8 Å². The Labute approximate surface area is 277 Å². The Kier molecular flexibility index (Phi) is 11.3. The van der Waals surface area contributed by atoms with E-state index in [0.29, 0.717) is 29.2 Å². The smallest absolute Gasteiger partial charge is 0.416 e. The summed E-state index contributed by atoms with van der Waals surface area (Å²) in [5.41, 5.74) is 1.80. The summed E-state index contributed by atoms with van der Waals surface area (Å²) in [4.78, 5) is 36.7. The van der Waals surface area contributed by atoms with E-state index >= 15 is 0 Å². The average molecular weight is 692 g/mol. The number of carbonyl (C=O) groups is 2. The van der Waals surface area contributed by atoms with Gasteiger partial charge in [-0.3, -0.25) is 20.0 Å². The van der Waals surface area contributed by atoms with Gasteiger partial charge >= 0.3 is 12.4 Å². The summed E-state index contributed by atoms with van der Waals surface area (Å²) in [6, 6.07) is 10.9. The zero-order valence-electron chi connectivity index (χ0n) is 26.6. The first kappa shape index (κ1) is 36.5. The maximum atomic E-state index is 14.1. The number of hydrogen-bond acceptors (Lipinski definition) is 8. The first-order valence-corrected chi connectivity index (χ1v) is 14.4. The fraction of sp³-hybridized carbons (Fsp3) is 0.273. The molecule has 0 radical (unpaired) electrons. The van der Waals surface area contributed by atoms with Crippen molar-refractivity contribution in [2.75, 3.05) is 21.3 Å². The second-order valence-electron chi connectivity index (χ2n) is 10.5. The highest BCUT2D eigenvalue weighted by molar-refractivity contribution is 5.96. The quantitative estimate of drug-likeness (QED) is 0.130. The molecule has 1 unspecified atom stereocenters. The van der Waals surface area contributed by atoms with Crippen molar-refractivity contribution in [2.45, 2.75) is 38.4 Å². The number of carbonyl (C=O) groups excluding carboxylic acids is 2. The lowest BCUT2D eigenvalue weighted by atomic mass is 10.0. The minimum atomic E-state index is -5.19. The molecule has 49 heavy (non-hydrogen) atoms. The van der Waals surface area contributed by atoms with Crippen LogP contribution in [0.1, 0.15) is 61.8 Å². The summed E-state index contributed by atoms with van der Waals surface area (Å²) < 4.78 is 98.1. The highest BCUT2D eigenvalue weighted by Crippen LogP contribution is 2.38. The van der Waals surface area contributed by atoms with Crippen molar-refractivity contribution < 1.29 is 50.1 Å². The highest BCUT2D eigenvalue weighted by atomic mass is 19.4. The Hall–Kier alpha value is -5.38. The van der Waals surface area contributed by atoms with Gasteiger partial charge in [0.2, 0.25) is 0 Å². The number of ether oxygens (including phenoxy) is 3. The van der Waals surface area contributed by atoms with E-state index in [1.54, 1.807) is 24.3 Å². The number of halogens is 6. The van der Waals surface area contributed by atoms with Crippen molar-refractivity contribution in [1.29, 1.82) is 0 Å². The summed E-state index contributed by atoms with van der Waals surface area (Å²) >= 11 is 0. The van der Waals surface area contributed by atoms with E-state index < -0.39 is 53.4 Å². The van der Waals surface area contributed by atoms with E-state index in [0.717, 1.165) is 10.5 Å². The summed E-state index contributed by atoms with van der Waals surface area (Å²) in [5, 5.41) is 0. The SMILES string of the molecule is COc1ccc(CNNC(=O)c2nccnc2C(C)N(Cc2ccc(OC)cc2OC)C(=O)c2cc(C(F)(F)F)cc(C(F)(F)F)c2)cc1. The molecule has 0 aliphatic heterocycles. The van der Waals surface area contributed by atoms with Gasteiger partial charge in [-0.05, 0) is 55.0 Å². The lowest BCUT2D eigenvalue weighted by Gasteiger charge is -2.31. The molecule has 1 atom stereocenters. The topological polar surface area (TPSA) is 115 Å². The van der Waals surface area contributed by atoms with Crippen LogP contribution in [0.5, 0.6) is 17.2 Å². The number of hydrogen-bond donors (Lipinski definition) is 2. The van der Waals surface area contributed by atoms with Crippen molar-refractivity contribution in [1.82, 2.24) is 25.7 Å². The summed E-state index contributed by atoms with van der Waals surface area (Å²) in [6.07, 6.45) is -7.94. The lowest BCUT2D eigenvalue weighted by molar-refractivity contribution is -0.143. The monoisotopic (exact) mass is 691 g/mol. The predicted molar refractivity (Wildman–Crippen MR) is 164 cm³/mol. The highest BCUT2D eigenvalue weighted by Gasteiger charge is 2.39. The molecular weight excluding hydrogens is 660 g/mol. The van der Waals surface area contributed by atoms with Gasteiger partial charge in [0, 0.05) is 36.1 Å². The minimum Gasteiger partial charge on any atom is -0.497 e. The van der Waals surface area contributed by atoms with Gasteiger partial charge in [0.25, 0.3) is 11.8 Å². The summed E-state index contributed by atoms with van der Waals surface area (Å²) in [6.45, 7) is 1.22. The molecule has 0 fully saturated rings. The molecule has 2 N–H and O–H groups in total. The van der Waals surface area contributed by atoms with Gasteiger partial charge in [0.15, 0.2) is 5.69 Å². The van der Waals surface area contributed by atoms with Gasteiger partial charge in [-0.15, -0.1) is 0 Å². The van der Waals surface area contributed by atoms with Crippen molar-refractivity contribution in [3.63, 3.8) is 0 Å². The van der Waals surface area contributed by atoms with Crippen LogP contribution in [-0.2, 0) is 25.4 Å². The number of benzene rings is 3. The lowest BCUT2D eigenvalue weighted by Crippen LogP contribution is -2.39. The molecule has 0 aliphatic rings. The number of nitrogens with one attached hydrogen (secondary N) is 2. The van der Waals surface area contributed by atoms with Gasteiger partial charge in [0.1, 0.15) is 17.2 Å². The Morgan fingerprint density at radius 3 is 1.96 bits per heavy atom. The third-order valence-electron chi connectivity index (χ3n) is 7.39. The van der Waals surface area contributed by atoms with Crippen LogP contribution in [0.4, 0.5) is 26.3 Å². The van der Waals surface area contributed by atoms with E-state index in [1.807, 2.05) is 0 Å². The molecule has 2 amide bonds. The van der Waals surface area contributed by atoms with Crippen molar-refractivity contribution >= 4 is 11.8 Å². The van der Waals surface area contributed by atoms with Crippen LogP contribution in [0, 0.1) is 0 Å². The minimum absolute atomic E-state index is 0.0684. The van der Waals surface area contributed by atoms with Gasteiger partial charge in [-0.25, -0.2) is 10.4 Å². The number of amides is 2. The largest absolute Gasteiger partial charge is 0.497 e. The third kappa shape index (κ3) is 8.95. The molecule has 1 aromatic heterocycles. The van der Waals surface area contributed by atoms with Crippen molar-refractivity contribution in [2.24, 2.45) is 0 Å². The van der Waals surface area contributed by atoms with Gasteiger partial charge < -0.3 is 19.1 Å². The van der Waals surface area contributed by atoms with Gasteiger partial charge in [0.05, 0.1) is 50.7 Å². The number of nitrogens with zero attached hydrogens (tertiary/aromatic N) is 3. The molecule has 0 saturated carbocycles. The van der Waals surface area contributed by atoms with Crippen molar-refractivity contribution in [3.05, 3.63) is 112 Å². The molecule has 16 heteroatoms. The van der Waals surface area contributed by atoms with Crippen LogP contribution in [-0.4, -0.2) is 48.0 Å². The fourth-order valence-corrected chi connectivity index (χ4v) is 4.80. The zero-order chi connectivity index (χ0) is 35.9. The van der Waals surface area contributed by atoms with Crippen LogP contribution < -0.4 is 25.1 Å². The number of hydrazine groups is 1. The van der Waals surface area contributed by atoms with Crippen LogP contribution in [0.25, 0.3) is 0 Å². The Balaban J connectivity index is 1.74. The van der Waals surface area contributed by atoms with Crippen molar-refractivity contribution in [3.8, 4) is 17.2 Å². The number of rotatable bonds is 12. The standard InChI is InChI=1S/C33H31F6N5O5/c1-19(28-29(41-12-11-40-28)30(45)43-42-17-20-5-8-25(47-2)9-6-20)44(18-21-7-10-26(48-3)16-27(21)49-4)31(46)22-13-23(32(34,35)36)15-24(14-22)33(37,38)39/h5-16,19,42H,17-18H2,1-4H3,(H,43,45). The molecule has 3 aromatic carbocycles. The molecule has 0 saturated heterocycles. The van der Waals surface area contributed by atoms with E-state index in [4.69, 9.17) is 14.2 Å². The fourth-order valence-electron chi connectivity index (χ4n) is 4.80. The summed E-state index contributed by atoms with van der Waals surface area (Å²) in [7, 11) is 4.26. The Bertz CT molecular complexity index is 1750. The van der Waals surface area contributed by atoms with E-state index in [-0.39, 0.29) is 29.7 Å². The Morgan fingerprint density at radius 2 is 1.39 bits per heavy atom. The second-order valence-corrected chi connectivity index (χ2v) is 10.5. The first-order chi connectivity index (χ1) is 23.2. The number of alkyl halides is 6. The molecule has 4 rings (SSSR count). The summed E-state index contributed by atoms with van der Waals surface area (Å²) in [5.74, 6) is -0.747. The first-order valence-electron chi connectivity index (χ1n) is 14.4. The maximum absolute atomic E-state index is 14.1. The zero-order valence-corrected chi connectivity index (χ0v) is 26.6. The number of aromatic nitrogens is 2. The molecular formula is C33H31F6N5O5. The molecule has 1 heterocycles. The van der Waals surface area contributed by atoms with Gasteiger partial charge in [-0.2, -0.15) is 26.3 Å². The molecule has 0 bridgehead atoms. The third-order valence-corrected chi connectivity index (χ3v) is 7.39. The molecule has 0 spiro atoms. The van der Waals surface area contributed by atoms with Crippen LogP contribution in [0.15, 0.2) is 73.1 Å². The molecule has 4 aromatic rings. The maximum Gasteiger partial charge on any atom is 0.416 e. The number of methoxy groups -OCH3 is 3. The molecule has 260 valence electrons. The van der Waals surface area contributed by atoms with Gasteiger partial charge in [-0.1, -0.05) is 12.1 Å². The predicted octanol–water partition coefficient (Wildman–Crippen LogP) is 6.38. The van der Waals surface area contributed by atoms with E-state index in [2.05, 4.69) is 20.8 Å². The Morgan fingerprint density at radius 1 is 0.796 bits per heavy atom.